The van der Waals surface area contributed by atoms with Gasteiger partial charge in [0.2, 0.25) is 0 Å². The van der Waals surface area contributed by atoms with Crippen molar-refractivity contribution in [1.82, 2.24) is 0 Å². The second kappa shape index (κ2) is 34.9. The quantitative estimate of drug-likeness (QED) is 0.0402. The molecule has 0 rings (SSSR count). The molecule has 0 aliphatic rings. The van der Waals surface area contributed by atoms with Crippen LogP contribution in [0, 0.1) is 6.42 Å². The molecule has 0 aliphatic heterocycles. The summed E-state index contributed by atoms with van der Waals surface area (Å²) in [5.41, 5.74) is 0. The minimum Gasteiger partial charge on any atom is -0.513 e. The second-order valence-electron chi connectivity index (χ2n) is 11.2. The van der Waals surface area contributed by atoms with Crippen molar-refractivity contribution in [2.75, 3.05) is 0 Å². The van der Waals surface area contributed by atoms with Crippen molar-refractivity contribution in [2.24, 2.45) is 0 Å². The van der Waals surface area contributed by atoms with Crippen molar-refractivity contribution in [2.45, 2.75) is 148 Å². The minimum absolute atomic E-state index is 0.0799. The number of allylic oxidation sites excluding steroid dienone is 16. The van der Waals surface area contributed by atoms with E-state index in [4.69, 9.17) is 0 Å². The smallest absolute Gasteiger partial charge is 0.0886 e. The highest BCUT2D eigenvalue weighted by molar-refractivity contribution is 5.16. The van der Waals surface area contributed by atoms with Crippen molar-refractivity contribution in [3.05, 3.63) is 103 Å². The Bertz CT molecular complexity index is 790. The average molecular weight is 578 g/mol. The summed E-state index contributed by atoms with van der Waals surface area (Å²) in [6.45, 7) is 4.39. The van der Waals surface area contributed by atoms with Crippen LogP contribution in [0.3, 0.4) is 0 Å². The topological polar surface area (TPSA) is 40.5 Å². The molecule has 0 bridgehead atoms. The molecule has 42 heavy (non-hydrogen) atoms. The fourth-order valence-electron chi connectivity index (χ4n) is 4.41. The van der Waals surface area contributed by atoms with Crippen molar-refractivity contribution in [3.63, 3.8) is 0 Å². The Kier molecular flexibility index (Phi) is 33.0. The van der Waals surface area contributed by atoms with E-state index in [-0.39, 0.29) is 6.10 Å². The van der Waals surface area contributed by atoms with Crippen LogP contribution in [0.5, 0.6) is 0 Å². The number of aliphatic hydroxyl groups is 2. The Labute approximate surface area is 261 Å². The summed E-state index contributed by atoms with van der Waals surface area (Å²) in [6, 6.07) is 0. The van der Waals surface area contributed by atoms with E-state index in [0.717, 1.165) is 70.6 Å². The van der Waals surface area contributed by atoms with Gasteiger partial charge in [-0.1, -0.05) is 150 Å². The van der Waals surface area contributed by atoms with Crippen molar-refractivity contribution < 1.29 is 10.2 Å². The standard InChI is InChI=1S/C40H65O2/c1-3-5-31-35-39(41)37-33-29-27-25-23-21-19-17-15-13-11-9-7-8-10-12-14-16-18-20-22-24-26-28-30-34-38-40(42)36-32-6-4-2/h7-9,11,13,15-19,21-22,24,28,30,38-39,41-42H,3-6,10,12,14,20,23,25-27,29,31-37H2,1-2H3/b9-7?,13-11?,17-15?,18-16-,21-19?,24-22-,30-28-,40-38+. The second-order valence-corrected chi connectivity index (χ2v) is 11.2. The van der Waals surface area contributed by atoms with Crippen molar-refractivity contribution >= 4 is 0 Å². The maximum Gasteiger partial charge on any atom is 0.0886 e. The van der Waals surface area contributed by atoms with E-state index in [1.807, 2.05) is 6.08 Å². The molecule has 0 spiro atoms. The highest BCUT2D eigenvalue weighted by Crippen LogP contribution is 2.12. The lowest BCUT2D eigenvalue weighted by Crippen LogP contribution is -2.05. The third-order valence-electron chi connectivity index (χ3n) is 7.05. The molecule has 0 fully saturated rings. The molecule has 0 aromatic carbocycles. The van der Waals surface area contributed by atoms with Gasteiger partial charge in [-0.3, -0.25) is 0 Å². The van der Waals surface area contributed by atoms with Gasteiger partial charge in [0.15, 0.2) is 0 Å². The molecule has 0 heterocycles. The third kappa shape index (κ3) is 33.9. The Morgan fingerprint density at radius 2 is 1.05 bits per heavy atom. The lowest BCUT2D eigenvalue weighted by atomic mass is 10.0. The van der Waals surface area contributed by atoms with Gasteiger partial charge in [0.1, 0.15) is 0 Å². The molecule has 0 aromatic rings. The molecule has 0 amide bonds. The Hall–Kier alpha value is -2.32. The van der Waals surface area contributed by atoms with Crippen LogP contribution in [0.2, 0.25) is 0 Å². The number of aliphatic hydroxyl groups excluding tert-OH is 2. The van der Waals surface area contributed by atoms with Crippen LogP contribution in [0.25, 0.3) is 0 Å². The third-order valence-corrected chi connectivity index (χ3v) is 7.05. The molecule has 1 atom stereocenters. The largest absolute Gasteiger partial charge is 0.513 e. The molecular formula is C40H65O2. The summed E-state index contributed by atoms with van der Waals surface area (Å²) < 4.78 is 0. The predicted molar refractivity (Wildman–Crippen MR) is 189 cm³/mol. The first-order chi connectivity index (χ1) is 20.7. The van der Waals surface area contributed by atoms with Crippen LogP contribution in [0.15, 0.2) is 96.9 Å². The number of hydrogen-bond donors (Lipinski definition) is 2. The highest BCUT2D eigenvalue weighted by Gasteiger charge is 2.02. The summed E-state index contributed by atoms with van der Waals surface area (Å²) in [4.78, 5) is 0. The van der Waals surface area contributed by atoms with Crippen LogP contribution in [0.1, 0.15) is 142 Å². The van der Waals surface area contributed by atoms with E-state index in [2.05, 4.69) is 105 Å². The molecule has 2 nitrogen and oxygen atoms in total. The molecular weight excluding hydrogens is 512 g/mol. The van der Waals surface area contributed by atoms with E-state index in [1.54, 1.807) is 0 Å². The fraction of sp³-hybridized carbons (Fsp3) is 0.575. The highest BCUT2D eigenvalue weighted by atomic mass is 16.3. The van der Waals surface area contributed by atoms with Crippen LogP contribution in [-0.4, -0.2) is 16.3 Å². The zero-order chi connectivity index (χ0) is 30.6. The summed E-state index contributed by atoms with van der Waals surface area (Å²) in [5.74, 6) is 0.533. The maximum atomic E-state index is 9.95. The first-order valence-corrected chi connectivity index (χ1v) is 17.2. The lowest BCUT2D eigenvalue weighted by Gasteiger charge is -2.09. The SMILES string of the molecule is CCCCC/C(O)=C\C/C=C\C/C=C\C/C=C\CCC[CH]C=CC=CC=CC=CCCCCCCC(O)CCCCC. The molecule has 0 saturated heterocycles. The minimum atomic E-state index is -0.0799. The molecule has 0 saturated carbocycles. The van der Waals surface area contributed by atoms with Crippen LogP contribution >= 0.6 is 0 Å². The lowest BCUT2D eigenvalue weighted by molar-refractivity contribution is 0.147. The Balaban J connectivity index is 3.57. The summed E-state index contributed by atoms with van der Waals surface area (Å²) in [7, 11) is 0. The fourth-order valence-corrected chi connectivity index (χ4v) is 4.41. The molecule has 1 unspecified atom stereocenters. The van der Waals surface area contributed by atoms with Gasteiger partial charge < -0.3 is 10.2 Å². The molecule has 237 valence electrons. The van der Waals surface area contributed by atoms with E-state index in [0.29, 0.717) is 5.76 Å². The van der Waals surface area contributed by atoms with E-state index in [9.17, 15) is 10.2 Å². The molecule has 0 aromatic heterocycles. The number of rotatable bonds is 29. The first kappa shape index (κ1) is 39.7. The maximum absolute atomic E-state index is 9.95. The molecule has 0 aliphatic carbocycles. The Morgan fingerprint density at radius 3 is 1.76 bits per heavy atom. The van der Waals surface area contributed by atoms with Crippen LogP contribution < -0.4 is 0 Å². The average Bonchev–Trinajstić information content (AvgIpc) is 2.98. The van der Waals surface area contributed by atoms with Gasteiger partial charge in [0.05, 0.1) is 11.9 Å². The van der Waals surface area contributed by atoms with Gasteiger partial charge in [-0.15, -0.1) is 0 Å². The Morgan fingerprint density at radius 1 is 0.500 bits per heavy atom. The summed E-state index contributed by atoms with van der Waals surface area (Å²) >= 11 is 0. The monoisotopic (exact) mass is 577 g/mol. The predicted octanol–water partition coefficient (Wildman–Crippen LogP) is 12.7. The van der Waals surface area contributed by atoms with E-state index >= 15 is 0 Å². The van der Waals surface area contributed by atoms with Gasteiger partial charge in [0.25, 0.3) is 0 Å². The van der Waals surface area contributed by atoms with Gasteiger partial charge in [-0.2, -0.15) is 0 Å². The molecule has 2 N–H and O–H groups in total. The van der Waals surface area contributed by atoms with Crippen LogP contribution in [-0.2, 0) is 0 Å². The normalized spacial score (nSPS) is 14.1. The van der Waals surface area contributed by atoms with Crippen molar-refractivity contribution in [3.8, 4) is 0 Å². The number of unbranched alkanes of at least 4 members (excludes halogenated alkanes) is 11. The number of hydrogen-bond acceptors (Lipinski definition) is 2. The molecule has 1 radical (unpaired) electrons. The van der Waals surface area contributed by atoms with Gasteiger partial charge >= 0.3 is 0 Å². The zero-order valence-corrected chi connectivity index (χ0v) is 27.4. The first-order valence-electron chi connectivity index (χ1n) is 17.2. The van der Waals surface area contributed by atoms with Gasteiger partial charge in [-0.25, -0.2) is 0 Å². The van der Waals surface area contributed by atoms with E-state index < -0.39 is 0 Å². The summed E-state index contributed by atoms with van der Waals surface area (Å²) in [6.07, 6.45) is 56.3. The van der Waals surface area contributed by atoms with E-state index in [1.165, 1.54) is 57.8 Å². The van der Waals surface area contributed by atoms with Crippen molar-refractivity contribution in [1.29, 1.82) is 0 Å². The van der Waals surface area contributed by atoms with Gasteiger partial charge in [0, 0.05) is 6.42 Å². The zero-order valence-electron chi connectivity index (χ0n) is 27.4. The molecule has 2 heteroatoms. The van der Waals surface area contributed by atoms with Gasteiger partial charge in [-0.05, 0) is 83.1 Å². The van der Waals surface area contributed by atoms with Crippen LogP contribution in [0.4, 0.5) is 0 Å². The summed E-state index contributed by atoms with van der Waals surface area (Å²) in [5, 5.41) is 19.7.